The number of aromatic nitrogens is 1. The summed E-state index contributed by atoms with van der Waals surface area (Å²) in [6, 6.07) is 14.7. The molecule has 23 heavy (non-hydrogen) atoms. The minimum atomic E-state index is -0.386. The molecular weight excluding hydrogens is 358 g/mol. The van der Waals surface area contributed by atoms with E-state index in [1.807, 2.05) is 30.3 Å². The summed E-state index contributed by atoms with van der Waals surface area (Å²) in [7, 11) is 1.35. The number of hydrogen-bond donors (Lipinski definition) is 1. The minimum Gasteiger partial charge on any atom is -0.465 e. The van der Waals surface area contributed by atoms with E-state index >= 15 is 0 Å². The number of hydrogen-bond acceptors (Lipinski definition) is 3. The minimum absolute atomic E-state index is 0.122. The molecule has 116 valence electrons. The Morgan fingerprint density at radius 2 is 2.00 bits per heavy atom. The Morgan fingerprint density at radius 1 is 1.17 bits per heavy atom. The predicted octanol–water partition coefficient (Wildman–Crippen LogP) is 3.67. The average Bonchev–Trinajstić information content (AvgIpc) is 2.55. The van der Waals surface area contributed by atoms with Crippen LogP contribution in [0.2, 0.25) is 0 Å². The monoisotopic (exact) mass is 371 g/mol. The van der Waals surface area contributed by atoms with E-state index in [0.29, 0.717) is 17.5 Å². The summed E-state index contributed by atoms with van der Waals surface area (Å²) in [5.74, 6) is -0.386. The van der Waals surface area contributed by atoms with Crippen molar-refractivity contribution in [1.82, 2.24) is 4.98 Å². The number of H-pyrrole nitrogens is 1. The van der Waals surface area contributed by atoms with Crippen molar-refractivity contribution in [1.29, 1.82) is 0 Å². The fraction of sp³-hybridized carbons (Fsp3) is 0.111. The van der Waals surface area contributed by atoms with E-state index in [2.05, 4.69) is 20.9 Å². The van der Waals surface area contributed by atoms with Crippen molar-refractivity contribution in [3.63, 3.8) is 0 Å². The lowest BCUT2D eigenvalue weighted by molar-refractivity contribution is 0.0600. The van der Waals surface area contributed by atoms with E-state index in [-0.39, 0.29) is 11.5 Å². The predicted molar refractivity (Wildman–Crippen MR) is 92.9 cm³/mol. The third-order valence-corrected chi connectivity index (χ3v) is 4.12. The zero-order valence-electron chi connectivity index (χ0n) is 12.4. The van der Waals surface area contributed by atoms with Crippen LogP contribution in [0.5, 0.6) is 0 Å². The molecule has 3 rings (SSSR count). The van der Waals surface area contributed by atoms with Crippen molar-refractivity contribution >= 4 is 32.8 Å². The summed E-state index contributed by atoms with van der Waals surface area (Å²) in [4.78, 5) is 26.7. The van der Waals surface area contributed by atoms with Gasteiger partial charge in [0.2, 0.25) is 0 Å². The molecule has 0 bridgehead atoms. The van der Waals surface area contributed by atoms with Crippen molar-refractivity contribution in [3.05, 3.63) is 80.0 Å². The van der Waals surface area contributed by atoms with Gasteiger partial charge in [-0.3, -0.25) is 4.79 Å². The van der Waals surface area contributed by atoms with E-state index in [0.717, 1.165) is 20.9 Å². The van der Waals surface area contributed by atoms with Gasteiger partial charge >= 0.3 is 5.97 Å². The first-order valence-electron chi connectivity index (χ1n) is 7.05. The number of rotatable bonds is 3. The number of ether oxygens (including phenoxy) is 1. The molecule has 0 aliphatic rings. The molecule has 0 saturated carbocycles. The van der Waals surface area contributed by atoms with Crippen molar-refractivity contribution in [3.8, 4) is 0 Å². The molecular formula is C18H14BrNO3. The number of carbonyl (C=O) groups excluding carboxylic acids is 1. The fourth-order valence-electron chi connectivity index (χ4n) is 2.50. The number of carbonyl (C=O) groups is 1. The van der Waals surface area contributed by atoms with E-state index in [4.69, 9.17) is 4.74 Å². The Balaban J connectivity index is 1.99. The Morgan fingerprint density at radius 3 is 2.78 bits per heavy atom. The number of benzene rings is 2. The average molecular weight is 372 g/mol. The first kappa shape index (κ1) is 15.5. The number of esters is 1. The van der Waals surface area contributed by atoms with Crippen molar-refractivity contribution in [2.24, 2.45) is 0 Å². The molecule has 0 unspecified atom stereocenters. The summed E-state index contributed by atoms with van der Waals surface area (Å²) in [6.45, 7) is 0. The van der Waals surface area contributed by atoms with E-state index in [1.54, 1.807) is 18.2 Å². The number of halogens is 1. The molecule has 0 saturated heterocycles. The van der Waals surface area contributed by atoms with Gasteiger partial charge in [-0.2, -0.15) is 0 Å². The first-order valence-corrected chi connectivity index (χ1v) is 7.85. The van der Waals surface area contributed by atoms with Gasteiger partial charge in [0.25, 0.3) is 5.56 Å². The maximum Gasteiger partial charge on any atom is 0.337 e. The van der Waals surface area contributed by atoms with Crippen LogP contribution in [-0.4, -0.2) is 18.1 Å². The molecule has 1 aromatic heterocycles. The zero-order valence-corrected chi connectivity index (χ0v) is 14.0. The second-order valence-electron chi connectivity index (χ2n) is 5.22. The molecule has 0 spiro atoms. The van der Waals surface area contributed by atoms with Crippen LogP contribution in [0, 0.1) is 0 Å². The van der Waals surface area contributed by atoms with Gasteiger partial charge in [0, 0.05) is 22.0 Å². The summed E-state index contributed by atoms with van der Waals surface area (Å²) >= 11 is 3.43. The number of fused-ring (bicyclic) bond motifs is 1. The highest BCUT2D eigenvalue weighted by atomic mass is 79.9. The van der Waals surface area contributed by atoms with Crippen LogP contribution in [0.15, 0.2) is 57.8 Å². The van der Waals surface area contributed by atoms with Crippen molar-refractivity contribution in [2.75, 3.05) is 7.11 Å². The van der Waals surface area contributed by atoms with Crippen LogP contribution in [0.1, 0.15) is 21.5 Å². The van der Waals surface area contributed by atoms with Gasteiger partial charge in [-0.25, -0.2) is 4.79 Å². The van der Waals surface area contributed by atoms with Crippen LogP contribution in [0.3, 0.4) is 0 Å². The summed E-state index contributed by atoms with van der Waals surface area (Å²) in [5.41, 5.74) is 2.68. The van der Waals surface area contributed by atoms with E-state index in [9.17, 15) is 9.59 Å². The molecule has 2 aromatic carbocycles. The maximum absolute atomic E-state index is 12.2. The molecule has 1 heterocycles. The number of pyridine rings is 1. The number of aromatic amines is 1. The van der Waals surface area contributed by atoms with Gasteiger partial charge in [0.15, 0.2) is 0 Å². The molecule has 5 heteroatoms. The quantitative estimate of drug-likeness (QED) is 0.714. The second kappa shape index (κ2) is 6.38. The second-order valence-corrected chi connectivity index (χ2v) is 6.14. The topological polar surface area (TPSA) is 59.2 Å². The van der Waals surface area contributed by atoms with Crippen LogP contribution in [0.25, 0.3) is 10.9 Å². The van der Waals surface area contributed by atoms with Crippen LogP contribution in [-0.2, 0) is 11.2 Å². The normalized spacial score (nSPS) is 10.7. The Kier molecular flexibility index (Phi) is 4.30. The van der Waals surface area contributed by atoms with Gasteiger partial charge in [0.05, 0.1) is 12.7 Å². The lowest BCUT2D eigenvalue weighted by Gasteiger charge is -2.06. The van der Waals surface area contributed by atoms with E-state index in [1.165, 1.54) is 7.11 Å². The highest BCUT2D eigenvalue weighted by molar-refractivity contribution is 9.10. The van der Waals surface area contributed by atoms with Gasteiger partial charge < -0.3 is 9.72 Å². The number of nitrogens with one attached hydrogen (secondary N) is 1. The molecule has 0 amide bonds. The Labute approximate surface area is 141 Å². The summed E-state index contributed by atoms with van der Waals surface area (Å²) in [5, 5.41) is 0.957. The Hall–Kier alpha value is -2.40. The Bertz CT molecular complexity index is 946. The smallest absolute Gasteiger partial charge is 0.337 e. The van der Waals surface area contributed by atoms with Gasteiger partial charge in [-0.15, -0.1) is 0 Å². The fourth-order valence-corrected chi connectivity index (χ4v) is 2.88. The van der Waals surface area contributed by atoms with Crippen molar-refractivity contribution in [2.45, 2.75) is 6.42 Å². The standard InChI is InChI=1S/C18H14BrNO3/c1-23-18(22)12-4-2-3-11(7-12)8-14-9-13-10-15(19)5-6-16(13)20-17(14)21/h2-7,9-10H,8H2,1H3,(H,20,21). The third kappa shape index (κ3) is 3.35. The lowest BCUT2D eigenvalue weighted by Crippen LogP contribution is -2.13. The zero-order chi connectivity index (χ0) is 16.4. The maximum atomic E-state index is 12.2. The molecule has 0 aliphatic heterocycles. The van der Waals surface area contributed by atoms with E-state index < -0.39 is 0 Å². The summed E-state index contributed by atoms with van der Waals surface area (Å²) < 4.78 is 5.68. The first-order chi connectivity index (χ1) is 11.1. The highest BCUT2D eigenvalue weighted by Crippen LogP contribution is 2.19. The van der Waals surface area contributed by atoms with Crippen LogP contribution >= 0.6 is 15.9 Å². The molecule has 0 atom stereocenters. The largest absolute Gasteiger partial charge is 0.465 e. The van der Waals surface area contributed by atoms with Crippen LogP contribution < -0.4 is 5.56 Å². The van der Waals surface area contributed by atoms with Gasteiger partial charge in [-0.05, 0) is 47.3 Å². The molecule has 4 nitrogen and oxygen atoms in total. The third-order valence-electron chi connectivity index (χ3n) is 3.63. The van der Waals surface area contributed by atoms with Gasteiger partial charge in [0.1, 0.15) is 0 Å². The van der Waals surface area contributed by atoms with Crippen molar-refractivity contribution < 1.29 is 9.53 Å². The van der Waals surface area contributed by atoms with Gasteiger partial charge in [-0.1, -0.05) is 28.1 Å². The molecule has 0 fully saturated rings. The lowest BCUT2D eigenvalue weighted by atomic mass is 10.0. The van der Waals surface area contributed by atoms with Crippen LogP contribution in [0.4, 0.5) is 0 Å². The SMILES string of the molecule is COC(=O)c1cccc(Cc2cc3cc(Br)ccc3[nH]c2=O)c1. The molecule has 1 N–H and O–H groups in total. The highest BCUT2D eigenvalue weighted by Gasteiger charge is 2.08. The summed E-state index contributed by atoms with van der Waals surface area (Å²) in [6.07, 6.45) is 0.447. The molecule has 3 aromatic rings. The molecule has 0 aliphatic carbocycles. The number of methoxy groups -OCH3 is 1. The molecule has 0 radical (unpaired) electrons.